The second-order valence-electron chi connectivity index (χ2n) is 12.4. The van der Waals surface area contributed by atoms with Gasteiger partial charge in [0.1, 0.15) is 0 Å². The first kappa shape index (κ1) is 29.7. The monoisotopic (exact) mass is 594 g/mol. The predicted octanol–water partition coefficient (Wildman–Crippen LogP) is 7.97. The number of ether oxygens (including phenoxy) is 2. The van der Waals surface area contributed by atoms with Crippen LogP contribution in [0.3, 0.4) is 0 Å². The lowest BCUT2D eigenvalue weighted by atomic mass is 9.74. The maximum Gasteiger partial charge on any atom is 0.157 e. The summed E-state index contributed by atoms with van der Waals surface area (Å²) in [5.41, 5.74) is 1.41. The van der Waals surface area contributed by atoms with Gasteiger partial charge in [-0.05, 0) is 91.8 Å². The van der Waals surface area contributed by atoms with Crippen molar-refractivity contribution in [2.45, 2.75) is 63.6 Å². The van der Waals surface area contributed by atoms with Gasteiger partial charge in [0.2, 0.25) is 0 Å². The fourth-order valence-corrected chi connectivity index (χ4v) is 13.8. The van der Waals surface area contributed by atoms with E-state index in [4.69, 9.17) is 9.47 Å². The second kappa shape index (κ2) is 14.0. The van der Waals surface area contributed by atoms with Gasteiger partial charge in [-0.2, -0.15) is 0 Å². The van der Waals surface area contributed by atoms with Gasteiger partial charge in [-0.3, -0.25) is 0 Å². The number of benzene rings is 4. The SMILES string of the molecule is CC(C)(CCC1OCCCO1)C1CC(P(c2ccccc2)c2ccccc2)C(P(c2ccccc2)c2ccccc2)C1. The quantitative estimate of drug-likeness (QED) is 0.174. The molecule has 6 rings (SSSR count). The van der Waals surface area contributed by atoms with Crippen molar-refractivity contribution < 1.29 is 9.47 Å². The molecule has 0 spiro atoms. The summed E-state index contributed by atoms with van der Waals surface area (Å²) >= 11 is 0. The molecule has 0 aromatic heterocycles. The Hall–Kier alpha value is -2.34. The van der Waals surface area contributed by atoms with Gasteiger partial charge in [0.15, 0.2) is 6.29 Å². The molecule has 1 saturated heterocycles. The van der Waals surface area contributed by atoms with Crippen LogP contribution in [0.2, 0.25) is 0 Å². The normalized spacial score (nSPS) is 21.7. The van der Waals surface area contributed by atoms with E-state index in [1.165, 1.54) is 34.1 Å². The van der Waals surface area contributed by atoms with E-state index in [-0.39, 0.29) is 11.7 Å². The Morgan fingerprint density at radius 1 is 0.571 bits per heavy atom. The topological polar surface area (TPSA) is 18.5 Å². The predicted molar refractivity (Wildman–Crippen MR) is 182 cm³/mol. The highest BCUT2D eigenvalue weighted by molar-refractivity contribution is 7.77. The average Bonchev–Trinajstić information content (AvgIpc) is 3.48. The van der Waals surface area contributed by atoms with Crippen molar-refractivity contribution in [3.8, 4) is 0 Å². The molecule has 2 unspecified atom stereocenters. The van der Waals surface area contributed by atoms with Crippen molar-refractivity contribution in [1.29, 1.82) is 0 Å². The van der Waals surface area contributed by atoms with Gasteiger partial charge in [0.25, 0.3) is 0 Å². The minimum absolute atomic E-state index is 0.0393. The smallest absolute Gasteiger partial charge is 0.157 e. The van der Waals surface area contributed by atoms with Crippen molar-refractivity contribution in [2.75, 3.05) is 13.2 Å². The van der Waals surface area contributed by atoms with E-state index < -0.39 is 15.8 Å². The molecular weight excluding hydrogens is 550 g/mol. The Morgan fingerprint density at radius 2 is 0.929 bits per heavy atom. The molecule has 0 N–H and O–H groups in total. The lowest BCUT2D eigenvalue weighted by Gasteiger charge is -2.35. The van der Waals surface area contributed by atoms with Crippen molar-refractivity contribution in [1.82, 2.24) is 0 Å². The Kier molecular flexibility index (Phi) is 9.88. The Balaban J connectivity index is 1.41. The molecule has 1 saturated carbocycles. The minimum atomic E-state index is -0.533. The van der Waals surface area contributed by atoms with E-state index >= 15 is 0 Å². The summed E-state index contributed by atoms with van der Waals surface area (Å²) in [6, 6.07) is 45.6. The standard InChI is InChI=1S/C38H44O2P2/c1-38(2,25-24-37-39-26-15-27-40-37)30-28-35(41(31-16-7-3-8-17-31)32-18-9-4-10-19-32)36(29-30)42(33-20-11-5-12-21-33)34-22-13-6-14-23-34/h3-14,16-23,30,35-37H,15,24-29H2,1-2H3. The first-order valence-corrected chi connectivity index (χ1v) is 18.4. The van der Waals surface area contributed by atoms with Crippen molar-refractivity contribution >= 4 is 37.1 Å². The summed E-state index contributed by atoms with van der Waals surface area (Å²) in [6.07, 6.45) is 5.61. The highest BCUT2D eigenvalue weighted by Crippen LogP contribution is 2.62. The van der Waals surface area contributed by atoms with Crippen LogP contribution in [0.25, 0.3) is 0 Å². The zero-order chi connectivity index (χ0) is 28.8. The Bertz CT molecular complexity index is 1190. The maximum absolute atomic E-state index is 5.97. The molecule has 2 aliphatic rings. The van der Waals surface area contributed by atoms with Crippen LogP contribution in [0.15, 0.2) is 121 Å². The van der Waals surface area contributed by atoms with Crippen LogP contribution in [0.5, 0.6) is 0 Å². The third kappa shape index (κ3) is 6.90. The zero-order valence-electron chi connectivity index (χ0n) is 25.0. The molecule has 2 atom stereocenters. The molecule has 2 fully saturated rings. The van der Waals surface area contributed by atoms with Crippen molar-refractivity contribution in [3.63, 3.8) is 0 Å². The van der Waals surface area contributed by atoms with Crippen molar-refractivity contribution in [2.24, 2.45) is 11.3 Å². The molecule has 4 aromatic rings. The van der Waals surface area contributed by atoms with Gasteiger partial charge in [-0.1, -0.05) is 135 Å². The van der Waals surface area contributed by atoms with Gasteiger partial charge in [-0.15, -0.1) is 0 Å². The first-order chi connectivity index (χ1) is 20.6. The fraction of sp³-hybridized carbons (Fsp3) is 0.368. The molecule has 1 aliphatic carbocycles. The number of rotatable bonds is 10. The van der Waals surface area contributed by atoms with Crippen LogP contribution in [0, 0.1) is 11.3 Å². The van der Waals surface area contributed by atoms with E-state index in [1.54, 1.807) is 0 Å². The van der Waals surface area contributed by atoms with Crippen LogP contribution in [0.1, 0.15) is 46.0 Å². The minimum Gasteiger partial charge on any atom is -0.353 e. The summed E-state index contributed by atoms with van der Waals surface area (Å²) in [4.78, 5) is 0. The zero-order valence-corrected chi connectivity index (χ0v) is 26.8. The van der Waals surface area contributed by atoms with Gasteiger partial charge in [0.05, 0.1) is 13.2 Å². The van der Waals surface area contributed by atoms with Crippen LogP contribution in [-0.2, 0) is 9.47 Å². The molecular formula is C38H44O2P2. The highest BCUT2D eigenvalue weighted by atomic mass is 31.1. The van der Waals surface area contributed by atoms with E-state index in [1.807, 2.05) is 0 Å². The third-order valence-electron chi connectivity index (χ3n) is 9.32. The van der Waals surface area contributed by atoms with Gasteiger partial charge in [0, 0.05) is 0 Å². The summed E-state index contributed by atoms with van der Waals surface area (Å²) in [5, 5.41) is 6.03. The van der Waals surface area contributed by atoms with Crippen LogP contribution in [-0.4, -0.2) is 30.8 Å². The average molecular weight is 595 g/mol. The summed E-state index contributed by atoms with van der Waals surface area (Å²) in [7, 11) is -1.07. The molecule has 0 bridgehead atoms. The summed E-state index contributed by atoms with van der Waals surface area (Å²) < 4.78 is 11.9. The molecule has 2 nitrogen and oxygen atoms in total. The molecule has 0 amide bonds. The number of hydrogen-bond donors (Lipinski definition) is 0. The maximum atomic E-state index is 5.97. The fourth-order valence-electron chi connectivity index (χ4n) is 7.00. The number of hydrogen-bond acceptors (Lipinski definition) is 2. The van der Waals surface area contributed by atoms with E-state index in [9.17, 15) is 0 Å². The van der Waals surface area contributed by atoms with E-state index in [0.717, 1.165) is 32.5 Å². The van der Waals surface area contributed by atoms with Crippen LogP contribution >= 0.6 is 15.8 Å². The largest absolute Gasteiger partial charge is 0.353 e. The van der Waals surface area contributed by atoms with Crippen LogP contribution < -0.4 is 21.2 Å². The molecule has 1 heterocycles. The molecule has 4 heteroatoms. The lowest BCUT2D eigenvalue weighted by molar-refractivity contribution is -0.184. The lowest BCUT2D eigenvalue weighted by Crippen LogP contribution is -2.31. The second-order valence-corrected chi connectivity index (χ2v) is 17.3. The van der Waals surface area contributed by atoms with E-state index in [0.29, 0.717) is 17.2 Å². The van der Waals surface area contributed by atoms with Gasteiger partial charge < -0.3 is 9.47 Å². The summed E-state index contributed by atoms with van der Waals surface area (Å²) in [6.45, 7) is 6.69. The first-order valence-electron chi connectivity index (χ1n) is 15.6. The third-order valence-corrected chi connectivity index (χ3v) is 15.4. The summed E-state index contributed by atoms with van der Waals surface area (Å²) in [5.74, 6) is 0.644. The van der Waals surface area contributed by atoms with Gasteiger partial charge >= 0.3 is 0 Å². The van der Waals surface area contributed by atoms with Crippen molar-refractivity contribution in [3.05, 3.63) is 121 Å². The molecule has 42 heavy (non-hydrogen) atoms. The molecule has 1 aliphatic heterocycles. The highest BCUT2D eigenvalue weighted by Gasteiger charge is 2.48. The Labute approximate surface area is 255 Å². The molecule has 218 valence electrons. The van der Waals surface area contributed by atoms with E-state index in [2.05, 4.69) is 135 Å². The molecule has 0 radical (unpaired) electrons. The van der Waals surface area contributed by atoms with Gasteiger partial charge in [-0.25, -0.2) is 0 Å². The molecule has 4 aromatic carbocycles. The Morgan fingerprint density at radius 3 is 1.29 bits per heavy atom. The van der Waals surface area contributed by atoms with Crippen LogP contribution in [0.4, 0.5) is 0 Å².